The molecule has 1 saturated carbocycles. The topological polar surface area (TPSA) is 47.4 Å². The molecule has 2 aliphatic rings. The van der Waals surface area contributed by atoms with Gasteiger partial charge in [-0.3, -0.25) is 9.48 Å². The van der Waals surface area contributed by atoms with E-state index in [1.165, 1.54) is 12.8 Å². The van der Waals surface area contributed by atoms with Crippen molar-refractivity contribution >= 4 is 5.91 Å². The number of benzene rings is 1. The Kier molecular flexibility index (Phi) is 4.47. The Balaban J connectivity index is 1.48. The zero-order valence-electron chi connectivity index (χ0n) is 14.7. The average molecular weight is 339 g/mol. The molecule has 132 valence electrons. The SMILES string of the molecule is Cc1cnn([C@H]2CCCN(C(=O)c3ccccc3OCC3CC3)C2)c1. The number of piperidine rings is 1. The molecule has 25 heavy (non-hydrogen) atoms. The number of aromatic nitrogens is 2. The molecule has 1 aromatic heterocycles. The molecule has 5 heteroatoms. The van der Waals surface area contributed by atoms with Crippen LogP contribution in [0.3, 0.4) is 0 Å². The van der Waals surface area contributed by atoms with E-state index in [0.29, 0.717) is 18.0 Å². The first-order valence-electron chi connectivity index (χ1n) is 9.22. The number of ether oxygens (including phenoxy) is 1. The highest BCUT2D eigenvalue weighted by atomic mass is 16.5. The molecule has 1 saturated heterocycles. The standard InChI is InChI=1S/C20H25N3O2/c1-15-11-21-23(12-15)17-5-4-10-22(13-17)20(24)18-6-2-3-7-19(18)25-14-16-8-9-16/h2-3,6-7,11-12,16-17H,4-5,8-10,13-14H2,1H3/t17-/m0/s1. The summed E-state index contributed by atoms with van der Waals surface area (Å²) in [5, 5.41) is 4.43. The lowest BCUT2D eigenvalue weighted by molar-refractivity contribution is 0.0668. The summed E-state index contributed by atoms with van der Waals surface area (Å²) in [7, 11) is 0. The number of carbonyl (C=O) groups is 1. The molecule has 1 atom stereocenters. The number of aryl methyl sites for hydroxylation is 1. The van der Waals surface area contributed by atoms with Crippen LogP contribution >= 0.6 is 0 Å². The van der Waals surface area contributed by atoms with Crippen LogP contribution in [0.25, 0.3) is 0 Å². The minimum atomic E-state index is 0.0694. The summed E-state index contributed by atoms with van der Waals surface area (Å²) in [6.07, 6.45) is 8.48. The smallest absolute Gasteiger partial charge is 0.257 e. The number of hydrogen-bond acceptors (Lipinski definition) is 3. The van der Waals surface area contributed by atoms with E-state index in [1.54, 1.807) is 0 Å². The van der Waals surface area contributed by atoms with Crippen molar-refractivity contribution in [3.05, 3.63) is 47.8 Å². The van der Waals surface area contributed by atoms with Crippen molar-refractivity contribution in [2.45, 2.75) is 38.6 Å². The first-order chi connectivity index (χ1) is 12.2. The van der Waals surface area contributed by atoms with E-state index >= 15 is 0 Å². The molecule has 1 aliphatic heterocycles. The van der Waals surface area contributed by atoms with Gasteiger partial charge in [-0.1, -0.05) is 12.1 Å². The van der Waals surface area contributed by atoms with Crippen molar-refractivity contribution in [3.63, 3.8) is 0 Å². The van der Waals surface area contributed by atoms with Crippen LogP contribution in [-0.4, -0.2) is 40.3 Å². The monoisotopic (exact) mass is 339 g/mol. The summed E-state index contributed by atoms with van der Waals surface area (Å²) >= 11 is 0. The van der Waals surface area contributed by atoms with Gasteiger partial charge in [0, 0.05) is 19.3 Å². The van der Waals surface area contributed by atoms with Gasteiger partial charge in [-0.2, -0.15) is 5.10 Å². The minimum absolute atomic E-state index is 0.0694. The molecule has 0 radical (unpaired) electrons. The van der Waals surface area contributed by atoms with Crippen LogP contribution in [0.2, 0.25) is 0 Å². The fourth-order valence-electron chi connectivity index (χ4n) is 3.42. The summed E-state index contributed by atoms with van der Waals surface area (Å²) in [6, 6.07) is 7.89. The second-order valence-corrected chi connectivity index (χ2v) is 7.30. The first-order valence-corrected chi connectivity index (χ1v) is 9.22. The van der Waals surface area contributed by atoms with Gasteiger partial charge in [0.2, 0.25) is 0 Å². The predicted octanol–water partition coefficient (Wildman–Crippen LogP) is 3.46. The fraction of sp³-hybridized carbons (Fsp3) is 0.500. The average Bonchev–Trinajstić information content (AvgIpc) is 3.38. The van der Waals surface area contributed by atoms with Crippen LogP contribution in [0.1, 0.15) is 47.6 Å². The molecular formula is C20H25N3O2. The third kappa shape index (κ3) is 3.70. The number of carbonyl (C=O) groups excluding carboxylic acids is 1. The maximum Gasteiger partial charge on any atom is 0.257 e. The molecule has 0 bridgehead atoms. The summed E-state index contributed by atoms with van der Waals surface area (Å²) in [5.74, 6) is 1.46. The molecule has 1 amide bonds. The number of likely N-dealkylation sites (tertiary alicyclic amines) is 1. The molecular weight excluding hydrogens is 314 g/mol. The second kappa shape index (κ2) is 6.90. The molecule has 0 unspecified atom stereocenters. The normalized spacial score (nSPS) is 20.5. The van der Waals surface area contributed by atoms with E-state index in [1.807, 2.05) is 47.0 Å². The van der Waals surface area contributed by atoms with E-state index in [-0.39, 0.29) is 11.9 Å². The molecule has 1 aromatic carbocycles. The number of nitrogens with zero attached hydrogens (tertiary/aromatic N) is 3. The summed E-state index contributed by atoms with van der Waals surface area (Å²) in [5.41, 5.74) is 1.84. The Morgan fingerprint density at radius 2 is 2.12 bits per heavy atom. The molecule has 4 rings (SSSR count). The van der Waals surface area contributed by atoms with Gasteiger partial charge in [0.05, 0.1) is 24.4 Å². The number of para-hydroxylation sites is 1. The Hall–Kier alpha value is -2.30. The van der Waals surface area contributed by atoms with E-state index in [4.69, 9.17) is 4.74 Å². The molecule has 0 N–H and O–H groups in total. The summed E-state index contributed by atoms with van der Waals surface area (Å²) in [4.78, 5) is 15.0. The highest BCUT2D eigenvalue weighted by Crippen LogP contribution is 2.31. The first kappa shape index (κ1) is 16.2. The van der Waals surface area contributed by atoms with E-state index in [0.717, 1.165) is 37.3 Å². The Bertz CT molecular complexity index is 751. The van der Waals surface area contributed by atoms with E-state index < -0.39 is 0 Å². The minimum Gasteiger partial charge on any atom is -0.492 e. The predicted molar refractivity (Wildman–Crippen MR) is 95.8 cm³/mol. The lowest BCUT2D eigenvalue weighted by Crippen LogP contribution is -2.41. The van der Waals surface area contributed by atoms with Crippen LogP contribution in [0.4, 0.5) is 0 Å². The molecule has 0 spiro atoms. The van der Waals surface area contributed by atoms with Gasteiger partial charge in [-0.15, -0.1) is 0 Å². The van der Waals surface area contributed by atoms with Gasteiger partial charge >= 0.3 is 0 Å². The van der Waals surface area contributed by atoms with E-state index in [2.05, 4.69) is 11.3 Å². The lowest BCUT2D eigenvalue weighted by Gasteiger charge is -2.33. The van der Waals surface area contributed by atoms with Crippen molar-refractivity contribution in [2.24, 2.45) is 5.92 Å². The third-order valence-electron chi connectivity index (χ3n) is 5.08. The molecule has 1 aliphatic carbocycles. The molecule has 2 fully saturated rings. The number of rotatable bonds is 5. The quantitative estimate of drug-likeness (QED) is 0.838. The van der Waals surface area contributed by atoms with Gasteiger partial charge in [-0.05, 0) is 56.2 Å². The second-order valence-electron chi connectivity index (χ2n) is 7.30. The van der Waals surface area contributed by atoms with Gasteiger partial charge in [0.25, 0.3) is 5.91 Å². The van der Waals surface area contributed by atoms with Crippen LogP contribution in [0, 0.1) is 12.8 Å². The molecule has 2 aromatic rings. The summed E-state index contributed by atoms with van der Waals surface area (Å²) in [6.45, 7) is 4.27. The van der Waals surface area contributed by atoms with Crippen molar-refractivity contribution in [1.82, 2.24) is 14.7 Å². The number of hydrogen-bond donors (Lipinski definition) is 0. The highest BCUT2D eigenvalue weighted by molar-refractivity contribution is 5.97. The maximum atomic E-state index is 13.1. The van der Waals surface area contributed by atoms with Gasteiger partial charge < -0.3 is 9.64 Å². The van der Waals surface area contributed by atoms with Crippen molar-refractivity contribution < 1.29 is 9.53 Å². The van der Waals surface area contributed by atoms with Crippen molar-refractivity contribution in [2.75, 3.05) is 19.7 Å². The Morgan fingerprint density at radius 3 is 2.88 bits per heavy atom. The van der Waals surface area contributed by atoms with Crippen LogP contribution < -0.4 is 4.74 Å². The zero-order chi connectivity index (χ0) is 17.2. The number of amides is 1. The molecule has 5 nitrogen and oxygen atoms in total. The van der Waals surface area contributed by atoms with Crippen LogP contribution in [0.15, 0.2) is 36.7 Å². The van der Waals surface area contributed by atoms with Crippen molar-refractivity contribution in [3.8, 4) is 5.75 Å². The summed E-state index contributed by atoms with van der Waals surface area (Å²) < 4.78 is 7.93. The molecule has 2 heterocycles. The van der Waals surface area contributed by atoms with Gasteiger partial charge in [0.1, 0.15) is 5.75 Å². The van der Waals surface area contributed by atoms with Gasteiger partial charge in [-0.25, -0.2) is 0 Å². The fourth-order valence-corrected chi connectivity index (χ4v) is 3.42. The Morgan fingerprint density at radius 1 is 1.28 bits per heavy atom. The zero-order valence-corrected chi connectivity index (χ0v) is 14.7. The van der Waals surface area contributed by atoms with Gasteiger partial charge in [0.15, 0.2) is 0 Å². The van der Waals surface area contributed by atoms with E-state index in [9.17, 15) is 4.79 Å². The van der Waals surface area contributed by atoms with Crippen molar-refractivity contribution in [1.29, 1.82) is 0 Å². The van der Waals surface area contributed by atoms with Crippen LogP contribution in [-0.2, 0) is 0 Å². The third-order valence-corrected chi connectivity index (χ3v) is 5.08. The largest absolute Gasteiger partial charge is 0.492 e. The Labute approximate surface area is 148 Å². The lowest BCUT2D eigenvalue weighted by atomic mass is 10.0. The maximum absolute atomic E-state index is 13.1. The van der Waals surface area contributed by atoms with Crippen LogP contribution in [0.5, 0.6) is 5.75 Å². The highest BCUT2D eigenvalue weighted by Gasteiger charge is 2.28.